The van der Waals surface area contributed by atoms with Gasteiger partial charge in [-0.15, -0.1) is 0 Å². The number of benzene rings is 3. The van der Waals surface area contributed by atoms with Gasteiger partial charge in [0.25, 0.3) is 0 Å². The molecule has 148 valence electrons. The molecule has 0 bridgehead atoms. The molecule has 3 aromatic rings. The van der Waals surface area contributed by atoms with Crippen LogP contribution in [0.1, 0.15) is 41.7 Å². The fourth-order valence-corrected chi connectivity index (χ4v) is 3.61. The monoisotopic (exact) mass is 389 g/mol. The van der Waals surface area contributed by atoms with Gasteiger partial charge in [-0.05, 0) is 41.5 Å². The zero-order valence-electron chi connectivity index (χ0n) is 16.3. The Morgan fingerprint density at radius 3 is 2.55 bits per heavy atom. The molecule has 1 heterocycles. The molecule has 5 nitrogen and oxygen atoms in total. The average molecular weight is 389 g/mol. The van der Waals surface area contributed by atoms with Crippen molar-refractivity contribution in [3.05, 3.63) is 71.8 Å². The summed E-state index contributed by atoms with van der Waals surface area (Å²) in [7, 11) is 0. The molecule has 1 aliphatic rings. The number of rotatable bonds is 6. The lowest BCUT2D eigenvalue weighted by atomic mass is 9.99. The van der Waals surface area contributed by atoms with Gasteiger partial charge in [0.05, 0.1) is 6.04 Å². The number of ketones is 1. The van der Waals surface area contributed by atoms with Gasteiger partial charge in [-0.1, -0.05) is 42.5 Å². The van der Waals surface area contributed by atoms with E-state index in [1.54, 1.807) is 18.2 Å². The van der Waals surface area contributed by atoms with Crippen LogP contribution in [0.4, 0.5) is 0 Å². The molecule has 29 heavy (non-hydrogen) atoms. The van der Waals surface area contributed by atoms with E-state index in [0.717, 1.165) is 16.3 Å². The number of ether oxygens (including phenoxy) is 2. The highest BCUT2D eigenvalue weighted by atomic mass is 16.6. The van der Waals surface area contributed by atoms with Crippen molar-refractivity contribution in [3.63, 3.8) is 0 Å². The number of Topliss-reactive ketones (excluding diaryl/α,β-unsaturated/α-hetero) is 1. The fraction of sp³-hybridized carbons (Fsp3) is 0.250. The highest BCUT2D eigenvalue weighted by Gasteiger charge is 2.17. The van der Waals surface area contributed by atoms with Gasteiger partial charge >= 0.3 is 0 Å². The van der Waals surface area contributed by atoms with Crippen LogP contribution in [0, 0.1) is 0 Å². The van der Waals surface area contributed by atoms with Gasteiger partial charge in [-0.3, -0.25) is 9.59 Å². The zero-order valence-corrected chi connectivity index (χ0v) is 16.3. The maximum atomic E-state index is 12.5. The van der Waals surface area contributed by atoms with Gasteiger partial charge in [0.1, 0.15) is 13.2 Å². The van der Waals surface area contributed by atoms with Crippen LogP contribution in [0.5, 0.6) is 11.5 Å². The van der Waals surface area contributed by atoms with Crippen molar-refractivity contribution < 1.29 is 19.1 Å². The second-order valence-electron chi connectivity index (χ2n) is 7.14. The predicted octanol–water partition coefficient (Wildman–Crippen LogP) is 4.45. The number of hydrogen-bond donors (Lipinski definition) is 1. The first-order valence-corrected chi connectivity index (χ1v) is 9.82. The van der Waals surface area contributed by atoms with Gasteiger partial charge in [0, 0.05) is 18.4 Å². The first-order valence-electron chi connectivity index (χ1n) is 9.82. The molecular weight excluding hydrogens is 366 g/mol. The summed E-state index contributed by atoms with van der Waals surface area (Å²) < 4.78 is 11.0. The molecule has 0 aromatic heterocycles. The van der Waals surface area contributed by atoms with Crippen LogP contribution in [0.3, 0.4) is 0 Å². The van der Waals surface area contributed by atoms with E-state index < -0.39 is 0 Å². The molecular formula is C24H23NO4. The van der Waals surface area contributed by atoms with Crippen LogP contribution in [0.25, 0.3) is 10.8 Å². The van der Waals surface area contributed by atoms with E-state index in [2.05, 4.69) is 23.5 Å². The van der Waals surface area contributed by atoms with Crippen LogP contribution < -0.4 is 14.8 Å². The van der Waals surface area contributed by atoms with Crippen LogP contribution in [-0.4, -0.2) is 24.9 Å². The summed E-state index contributed by atoms with van der Waals surface area (Å²) in [6, 6.07) is 19.2. The standard InChI is InChI=1S/C24H23NO4/c1-16(19-8-4-6-17-5-2-3-7-20(17)19)25-24(27)12-10-21(26)18-9-11-22-23(15-18)29-14-13-28-22/h2-9,11,15-16H,10,12-14H2,1H3,(H,25,27). The van der Waals surface area contributed by atoms with Gasteiger partial charge in [0.2, 0.25) is 5.91 Å². The summed E-state index contributed by atoms with van der Waals surface area (Å²) in [6.07, 6.45) is 0.288. The summed E-state index contributed by atoms with van der Waals surface area (Å²) in [5, 5.41) is 5.27. The van der Waals surface area contributed by atoms with Crippen molar-refractivity contribution in [3.8, 4) is 11.5 Å². The van der Waals surface area contributed by atoms with Crippen molar-refractivity contribution >= 4 is 22.5 Å². The predicted molar refractivity (Wildman–Crippen MR) is 112 cm³/mol. The van der Waals surface area contributed by atoms with E-state index in [9.17, 15) is 9.59 Å². The summed E-state index contributed by atoms with van der Waals surface area (Å²) in [5.41, 5.74) is 1.60. The smallest absolute Gasteiger partial charge is 0.220 e. The third kappa shape index (κ3) is 4.24. The lowest BCUT2D eigenvalue weighted by Crippen LogP contribution is -2.27. The minimum absolute atomic E-state index is 0.0880. The maximum absolute atomic E-state index is 12.5. The zero-order chi connectivity index (χ0) is 20.2. The second kappa shape index (κ2) is 8.35. The van der Waals surface area contributed by atoms with Crippen molar-refractivity contribution in [2.45, 2.75) is 25.8 Å². The van der Waals surface area contributed by atoms with Crippen LogP contribution in [0.15, 0.2) is 60.7 Å². The van der Waals surface area contributed by atoms with Crippen molar-refractivity contribution in [2.75, 3.05) is 13.2 Å². The summed E-state index contributed by atoms with van der Waals surface area (Å²) in [4.78, 5) is 24.9. The van der Waals surface area contributed by atoms with E-state index in [-0.39, 0.29) is 30.6 Å². The Bertz CT molecular complexity index is 1050. The third-order valence-electron chi connectivity index (χ3n) is 5.11. The lowest BCUT2D eigenvalue weighted by Gasteiger charge is -2.18. The molecule has 1 amide bonds. The van der Waals surface area contributed by atoms with Crippen molar-refractivity contribution in [1.29, 1.82) is 0 Å². The highest BCUT2D eigenvalue weighted by molar-refractivity contribution is 5.98. The Kier molecular flexibility index (Phi) is 5.47. The summed E-state index contributed by atoms with van der Waals surface area (Å²) >= 11 is 0. The largest absolute Gasteiger partial charge is 0.486 e. The SMILES string of the molecule is CC(NC(=O)CCC(=O)c1ccc2c(c1)OCCO2)c1cccc2ccccc12. The summed E-state index contributed by atoms with van der Waals surface area (Å²) in [6.45, 7) is 2.94. The number of carbonyl (C=O) groups excluding carboxylic acids is 2. The van der Waals surface area contributed by atoms with Gasteiger partial charge in [-0.25, -0.2) is 0 Å². The molecule has 4 rings (SSSR count). The van der Waals surface area contributed by atoms with E-state index >= 15 is 0 Å². The van der Waals surface area contributed by atoms with Crippen molar-refractivity contribution in [2.24, 2.45) is 0 Å². The molecule has 1 aliphatic heterocycles. The Morgan fingerprint density at radius 2 is 1.69 bits per heavy atom. The second-order valence-corrected chi connectivity index (χ2v) is 7.14. The minimum Gasteiger partial charge on any atom is -0.486 e. The van der Waals surface area contributed by atoms with Gasteiger partial charge in [-0.2, -0.15) is 0 Å². The number of carbonyl (C=O) groups is 2. The van der Waals surface area contributed by atoms with Gasteiger partial charge < -0.3 is 14.8 Å². The van der Waals surface area contributed by atoms with E-state index in [0.29, 0.717) is 30.3 Å². The van der Waals surface area contributed by atoms with Gasteiger partial charge in [0.15, 0.2) is 17.3 Å². The Labute approximate surface area is 169 Å². The molecule has 0 aliphatic carbocycles. The van der Waals surface area contributed by atoms with E-state index in [4.69, 9.17) is 9.47 Å². The normalized spacial score (nSPS) is 13.7. The van der Waals surface area contributed by atoms with E-state index in [1.165, 1.54) is 0 Å². The molecule has 3 aromatic carbocycles. The average Bonchev–Trinajstić information content (AvgIpc) is 2.76. The highest BCUT2D eigenvalue weighted by Crippen LogP contribution is 2.31. The third-order valence-corrected chi connectivity index (χ3v) is 5.11. The van der Waals surface area contributed by atoms with Crippen LogP contribution in [0.2, 0.25) is 0 Å². The number of hydrogen-bond acceptors (Lipinski definition) is 4. The quantitative estimate of drug-likeness (QED) is 0.633. The maximum Gasteiger partial charge on any atom is 0.220 e. The number of nitrogens with one attached hydrogen (secondary N) is 1. The molecule has 0 saturated heterocycles. The molecule has 1 N–H and O–H groups in total. The molecule has 0 fully saturated rings. The molecule has 0 saturated carbocycles. The number of fused-ring (bicyclic) bond motifs is 2. The first kappa shape index (κ1) is 19.0. The Balaban J connectivity index is 1.36. The fourth-order valence-electron chi connectivity index (χ4n) is 3.61. The molecule has 0 spiro atoms. The lowest BCUT2D eigenvalue weighted by molar-refractivity contribution is -0.121. The molecule has 1 unspecified atom stereocenters. The van der Waals surface area contributed by atoms with Crippen LogP contribution in [-0.2, 0) is 4.79 Å². The minimum atomic E-state index is -0.142. The molecule has 5 heteroatoms. The Hall–Kier alpha value is -3.34. The van der Waals surface area contributed by atoms with Crippen molar-refractivity contribution in [1.82, 2.24) is 5.32 Å². The summed E-state index contributed by atoms with van der Waals surface area (Å²) in [5.74, 6) is 0.997. The molecule has 1 atom stereocenters. The Morgan fingerprint density at radius 1 is 0.931 bits per heavy atom. The van der Waals surface area contributed by atoms with E-state index in [1.807, 2.05) is 31.2 Å². The molecule has 0 radical (unpaired) electrons. The van der Waals surface area contributed by atoms with Crippen LogP contribution >= 0.6 is 0 Å². The number of amides is 1. The first-order chi connectivity index (χ1) is 14.1. The topological polar surface area (TPSA) is 64.6 Å².